The third-order valence-corrected chi connectivity index (χ3v) is 5.11. The molecule has 9 nitrogen and oxygen atoms in total. The van der Waals surface area contributed by atoms with E-state index in [0.717, 1.165) is 18.9 Å². The first-order valence-electron chi connectivity index (χ1n) is 11.9. The molecule has 1 aliphatic rings. The summed E-state index contributed by atoms with van der Waals surface area (Å²) in [5.74, 6) is -1.24. The molecule has 0 amide bonds. The van der Waals surface area contributed by atoms with E-state index in [1.807, 2.05) is 20.8 Å². The number of nitrogens with zero attached hydrogens (tertiary/aromatic N) is 3. The predicted molar refractivity (Wildman–Crippen MR) is 137 cm³/mol. The average molecular weight is 508 g/mol. The largest absolute Gasteiger partial charge is 0.494 e. The maximum atomic E-state index is 15.0. The van der Waals surface area contributed by atoms with Gasteiger partial charge in [-0.25, -0.2) is 23.7 Å². The van der Waals surface area contributed by atoms with E-state index in [1.165, 1.54) is 20.3 Å². The molecule has 3 heterocycles. The molecule has 1 saturated heterocycles. The van der Waals surface area contributed by atoms with Crippen molar-refractivity contribution >= 4 is 22.7 Å². The first-order valence-corrected chi connectivity index (χ1v) is 11.9. The van der Waals surface area contributed by atoms with E-state index in [-0.39, 0.29) is 28.8 Å². The van der Waals surface area contributed by atoms with Gasteiger partial charge in [0, 0.05) is 37.9 Å². The van der Waals surface area contributed by atoms with Gasteiger partial charge in [-0.3, -0.25) is 0 Å². The quantitative estimate of drug-likeness (QED) is 0.421. The summed E-state index contributed by atoms with van der Waals surface area (Å²) in [5.41, 5.74) is 0.245. The summed E-state index contributed by atoms with van der Waals surface area (Å²) in [4.78, 5) is 13.2. The molecule has 0 radical (unpaired) electrons. The number of nitrogens with one attached hydrogen (secondary N) is 2. The van der Waals surface area contributed by atoms with E-state index < -0.39 is 11.6 Å². The summed E-state index contributed by atoms with van der Waals surface area (Å²) in [5, 5.41) is 14.6. The second kappa shape index (κ2) is 14.3. The molecular formula is C25H35F2N5O4. The van der Waals surface area contributed by atoms with Crippen LogP contribution < -0.4 is 20.1 Å². The van der Waals surface area contributed by atoms with Gasteiger partial charge in [0.05, 0.1) is 38.1 Å². The number of aromatic nitrogens is 3. The van der Waals surface area contributed by atoms with E-state index in [0.29, 0.717) is 42.5 Å². The Bertz CT molecular complexity index is 1100. The maximum Gasteiger partial charge on any atom is 0.223 e. The zero-order chi connectivity index (χ0) is 26.7. The Morgan fingerprint density at radius 3 is 2.25 bits per heavy atom. The molecule has 1 aliphatic heterocycles. The van der Waals surface area contributed by atoms with E-state index in [1.54, 1.807) is 13.2 Å². The lowest BCUT2D eigenvalue weighted by molar-refractivity contribution is 0.195. The average Bonchev–Trinajstić information content (AvgIpc) is 3.43. The lowest BCUT2D eigenvalue weighted by Gasteiger charge is -2.17. The monoisotopic (exact) mass is 507 g/mol. The lowest BCUT2D eigenvalue weighted by Crippen LogP contribution is -2.20. The van der Waals surface area contributed by atoms with Crippen LogP contribution >= 0.6 is 0 Å². The SMILES string of the molecule is CC.CCCO.CNc1ncc2cc(-c3c(F)c(OC)cc(OC)c3F)nc(NC3CCOC3)c2n1. The number of rotatable bonds is 7. The molecule has 11 heteroatoms. The van der Waals surface area contributed by atoms with Crippen LogP contribution in [0.2, 0.25) is 0 Å². The molecule has 0 saturated carbocycles. The third kappa shape index (κ3) is 6.67. The summed E-state index contributed by atoms with van der Waals surface area (Å²) < 4.78 is 45.6. The van der Waals surface area contributed by atoms with Crippen LogP contribution in [0, 0.1) is 11.6 Å². The molecular weight excluding hydrogens is 472 g/mol. The number of fused-ring (bicyclic) bond motifs is 1. The van der Waals surface area contributed by atoms with Gasteiger partial charge >= 0.3 is 0 Å². The highest BCUT2D eigenvalue weighted by molar-refractivity contribution is 5.92. The van der Waals surface area contributed by atoms with Crippen molar-refractivity contribution in [1.29, 1.82) is 0 Å². The molecule has 0 aliphatic carbocycles. The highest BCUT2D eigenvalue weighted by atomic mass is 19.1. The van der Waals surface area contributed by atoms with Gasteiger partial charge in [-0.2, -0.15) is 0 Å². The summed E-state index contributed by atoms with van der Waals surface area (Å²) >= 11 is 0. The summed E-state index contributed by atoms with van der Waals surface area (Å²) in [6, 6.07) is 2.70. The molecule has 1 unspecified atom stereocenters. The number of ether oxygens (including phenoxy) is 3. The molecule has 3 N–H and O–H groups in total. The van der Waals surface area contributed by atoms with Crippen LogP contribution in [0.5, 0.6) is 11.5 Å². The van der Waals surface area contributed by atoms with Crippen molar-refractivity contribution in [3.8, 4) is 22.8 Å². The van der Waals surface area contributed by atoms with Crippen molar-refractivity contribution in [2.75, 3.05) is 51.7 Å². The van der Waals surface area contributed by atoms with Crippen LogP contribution in [-0.2, 0) is 4.74 Å². The van der Waals surface area contributed by atoms with Crippen LogP contribution in [0.4, 0.5) is 20.5 Å². The number of benzene rings is 1. The number of anilines is 2. The van der Waals surface area contributed by atoms with Crippen LogP contribution in [-0.4, -0.2) is 67.2 Å². The number of pyridine rings is 1. The van der Waals surface area contributed by atoms with Crippen molar-refractivity contribution in [1.82, 2.24) is 15.0 Å². The molecule has 2 aromatic heterocycles. The van der Waals surface area contributed by atoms with Gasteiger partial charge in [-0.15, -0.1) is 0 Å². The minimum Gasteiger partial charge on any atom is -0.494 e. The zero-order valence-corrected chi connectivity index (χ0v) is 21.6. The molecule has 0 bridgehead atoms. The molecule has 0 spiro atoms. The Labute approximate surface area is 210 Å². The highest BCUT2D eigenvalue weighted by Crippen LogP contribution is 2.38. The van der Waals surface area contributed by atoms with Gasteiger partial charge in [0.2, 0.25) is 5.95 Å². The fourth-order valence-corrected chi connectivity index (χ4v) is 3.34. The van der Waals surface area contributed by atoms with E-state index >= 15 is 8.78 Å². The van der Waals surface area contributed by atoms with Gasteiger partial charge in [-0.1, -0.05) is 20.8 Å². The van der Waals surface area contributed by atoms with Gasteiger partial charge < -0.3 is 30.0 Å². The van der Waals surface area contributed by atoms with Crippen LogP contribution in [0.15, 0.2) is 18.3 Å². The van der Waals surface area contributed by atoms with Crippen LogP contribution in [0.3, 0.4) is 0 Å². The standard InChI is InChI=1S/C20H21F2N5O3.C3H8O.C2H6/c1-23-20-24-8-10-6-12(15-16(21)13(28-2)7-14(29-3)17(15)22)26-19(18(10)27-20)25-11-4-5-30-9-11;1-2-3-4;1-2/h6-8,11H,4-5,9H2,1-3H3,(H,25,26)(H,23,24,27);4H,2-3H2,1H3;1-2H3. The second-order valence-electron chi connectivity index (χ2n) is 7.45. The Morgan fingerprint density at radius 1 is 1.11 bits per heavy atom. The third-order valence-electron chi connectivity index (χ3n) is 5.11. The van der Waals surface area contributed by atoms with E-state index in [9.17, 15) is 0 Å². The van der Waals surface area contributed by atoms with Crippen LogP contribution in [0.25, 0.3) is 22.2 Å². The van der Waals surface area contributed by atoms with Crippen LogP contribution in [0.1, 0.15) is 33.6 Å². The number of aliphatic hydroxyl groups is 1. The lowest BCUT2D eigenvalue weighted by atomic mass is 10.1. The number of hydrogen-bond donors (Lipinski definition) is 3. The number of aliphatic hydroxyl groups excluding tert-OH is 1. The van der Waals surface area contributed by atoms with Gasteiger partial charge in [-0.05, 0) is 18.9 Å². The van der Waals surface area contributed by atoms with Crippen molar-refractivity contribution in [2.24, 2.45) is 0 Å². The molecule has 4 rings (SSSR count). The smallest absolute Gasteiger partial charge is 0.223 e. The molecule has 1 atom stereocenters. The molecule has 1 aromatic carbocycles. The molecule has 198 valence electrons. The topological polar surface area (TPSA) is 111 Å². The Hall–Kier alpha value is -3.31. The fourth-order valence-electron chi connectivity index (χ4n) is 3.34. The normalized spacial score (nSPS) is 14.3. The first kappa shape index (κ1) is 28.9. The predicted octanol–water partition coefficient (Wildman–Crippen LogP) is 4.64. The highest BCUT2D eigenvalue weighted by Gasteiger charge is 2.25. The number of methoxy groups -OCH3 is 2. The minimum absolute atomic E-state index is 0.0125. The first-order chi connectivity index (χ1) is 17.5. The Kier molecular flexibility index (Phi) is 11.5. The zero-order valence-electron chi connectivity index (χ0n) is 21.6. The Morgan fingerprint density at radius 2 is 1.75 bits per heavy atom. The van der Waals surface area contributed by atoms with E-state index in [4.69, 9.17) is 19.3 Å². The van der Waals surface area contributed by atoms with Crippen molar-refractivity contribution < 1.29 is 28.1 Å². The maximum absolute atomic E-state index is 15.0. The molecule has 36 heavy (non-hydrogen) atoms. The fraction of sp³-hybridized carbons (Fsp3) is 0.480. The minimum atomic E-state index is -0.870. The van der Waals surface area contributed by atoms with Gasteiger partial charge in [0.15, 0.2) is 29.0 Å². The number of hydrogen-bond acceptors (Lipinski definition) is 9. The van der Waals surface area contributed by atoms with Crippen molar-refractivity contribution in [3.05, 3.63) is 30.0 Å². The molecule has 3 aromatic rings. The van der Waals surface area contributed by atoms with Gasteiger partial charge in [0.1, 0.15) is 5.52 Å². The van der Waals surface area contributed by atoms with E-state index in [2.05, 4.69) is 25.6 Å². The van der Waals surface area contributed by atoms with Crippen molar-refractivity contribution in [3.63, 3.8) is 0 Å². The molecule has 1 fully saturated rings. The Balaban J connectivity index is 0.000000694. The summed E-state index contributed by atoms with van der Waals surface area (Å²) in [6.45, 7) is 7.38. The van der Waals surface area contributed by atoms with Gasteiger partial charge in [0.25, 0.3) is 0 Å². The summed E-state index contributed by atoms with van der Waals surface area (Å²) in [6.07, 6.45) is 3.23. The summed E-state index contributed by atoms with van der Waals surface area (Å²) in [7, 11) is 4.30. The number of halogens is 2. The second-order valence-corrected chi connectivity index (χ2v) is 7.45. The van der Waals surface area contributed by atoms with Crippen molar-refractivity contribution in [2.45, 2.75) is 39.7 Å².